The predicted molar refractivity (Wildman–Crippen MR) is 210 cm³/mol. The molecule has 4 aromatic carbocycles. The van der Waals surface area contributed by atoms with Gasteiger partial charge in [-0.15, -0.1) is 0 Å². The van der Waals surface area contributed by atoms with E-state index in [0.717, 1.165) is 40.7 Å². The minimum Gasteiger partial charge on any atom is -0.454 e. The molecule has 0 atom stereocenters. The Morgan fingerprint density at radius 3 is 2.19 bits per heavy atom. The van der Waals surface area contributed by atoms with Crippen molar-refractivity contribution < 1.29 is 32.3 Å². The van der Waals surface area contributed by atoms with Crippen molar-refractivity contribution in [2.24, 2.45) is 5.41 Å². The van der Waals surface area contributed by atoms with Gasteiger partial charge < -0.3 is 31.3 Å². The lowest BCUT2D eigenvalue weighted by Crippen LogP contribution is -2.45. The lowest BCUT2D eigenvalue weighted by atomic mass is 9.93. The number of anilines is 4. The van der Waals surface area contributed by atoms with Crippen molar-refractivity contribution in [3.63, 3.8) is 0 Å². The maximum absolute atomic E-state index is 13.1. The van der Waals surface area contributed by atoms with E-state index in [-0.39, 0.29) is 30.9 Å². The summed E-state index contributed by atoms with van der Waals surface area (Å²) in [5.74, 6) is -2.03. The number of nitrogens with one attached hydrogen (secondary N) is 5. The molecule has 1 aromatic heterocycles. The standard InChI is InChI=1S/C41H38ClF3N8O4/c1-39(2,22-47-34(55)35(56)49-32-9-5-8-30-29-7-4-3-6-25(29)20-31(30)32)21-46-33(54)24-10-16-28(17-11-24)48-36-50-37(52-38(51-36)57-23-41(43,44)45)53-40(18-19-40)26-12-14-27(42)15-13-26/h3-17H,18-23H2,1-2H3,(H,46,54)(H,47,55)(H,49,56)(H2,48,50,51,52,53). The van der Waals surface area contributed by atoms with Crippen LogP contribution in [0.5, 0.6) is 6.01 Å². The van der Waals surface area contributed by atoms with Crippen LogP contribution in [0.3, 0.4) is 0 Å². The van der Waals surface area contributed by atoms with Gasteiger partial charge in [0.2, 0.25) is 11.9 Å². The van der Waals surface area contributed by atoms with Crippen molar-refractivity contribution in [2.45, 2.75) is 44.8 Å². The Morgan fingerprint density at radius 2 is 1.47 bits per heavy atom. The summed E-state index contributed by atoms with van der Waals surface area (Å²) >= 11 is 6.05. The van der Waals surface area contributed by atoms with Crippen molar-refractivity contribution in [1.29, 1.82) is 0 Å². The molecule has 1 heterocycles. The minimum absolute atomic E-state index is 0.0123. The van der Waals surface area contributed by atoms with Crippen LogP contribution in [0.25, 0.3) is 11.1 Å². The lowest BCUT2D eigenvalue weighted by molar-refractivity contribution is -0.154. The quantitative estimate of drug-likeness (QED) is 0.0751. The van der Waals surface area contributed by atoms with Crippen LogP contribution < -0.4 is 31.3 Å². The first-order chi connectivity index (χ1) is 27.2. The van der Waals surface area contributed by atoms with Gasteiger partial charge in [0, 0.05) is 41.5 Å². The summed E-state index contributed by atoms with van der Waals surface area (Å²) in [6.07, 6.45) is -2.48. The number of hydrogen-bond acceptors (Lipinski definition) is 9. The third kappa shape index (κ3) is 9.60. The number of halogens is 4. The van der Waals surface area contributed by atoms with E-state index in [2.05, 4.69) is 41.5 Å². The van der Waals surface area contributed by atoms with E-state index in [1.165, 1.54) is 0 Å². The maximum atomic E-state index is 13.1. The molecule has 2 aliphatic rings. The van der Waals surface area contributed by atoms with Crippen LogP contribution in [0.15, 0.2) is 91.0 Å². The van der Waals surface area contributed by atoms with Crippen molar-refractivity contribution in [2.75, 3.05) is 35.6 Å². The zero-order valence-electron chi connectivity index (χ0n) is 30.9. The molecule has 0 aliphatic heterocycles. The van der Waals surface area contributed by atoms with Gasteiger partial charge in [-0.3, -0.25) is 14.4 Å². The van der Waals surface area contributed by atoms with Crippen LogP contribution in [-0.4, -0.2) is 58.5 Å². The molecule has 12 nitrogen and oxygen atoms in total. The zero-order valence-corrected chi connectivity index (χ0v) is 31.6. The first-order valence-corrected chi connectivity index (χ1v) is 18.5. The van der Waals surface area contributed by atoms with Gasteiger partial charge in [0.15, 0.2) is 6.61 Å². The number of alkyl halides is 3. The average Bonchev–Trinajstić information content (AvgIpc) is 3.86. The number of ether oxygens (including phenoxy) is 1. The fourth-order valence-electron chi connectivity index (χ4n) is 6.44. The number of fused-ring (bicyclic) bond motifs is 3. The molecule has 1 saturated carbocycles. The van der Waals surface area contributed by atoms with Crippen LogP contribution in [0.4, 0.5) is 36.4 Å². The van der Waals surface area contributed by atoms with E-state index in [1.54, 1.807) is 42.5 Å². The molecule has 16 heteroatoms. The molecule has 294 valence electrons. The SMILES string of the molecule is CC(C)(CNC(=O)C(=O)Nc1cccc2c1Cc1ccccc1-2)CNC(=O)c1ccc(Nc2nc(NC3(c4ccc(Cl)cc4)CC3)nc(OCC(F)(F)F)n2)cc1. The Labute approximate surface area is 331 Å². The Hall–Kier alpha value is -6.22. The third-order valence-corrected chi connectivity index (χ3v) is 9.89. The van der Waals surface area contributed by atoms with Gasteiger partial charge in [-0.2, -0.15) is 28.1 Å². The summed E-state index contributed by atoms with van der Waals surface area (Å²) in [6, 6.07) is 26.6. The van der Waals surface area contributed by atoms with E-state index in [0.29, 0.717) is 28.4 Å². The second-order valence-electron chi connectivity index (χ2n) is 14.7. The van der Waals surface area contributed by atoms with Gasteiger partial charge in [-0.25, -0.2) is 0 Å². The van der Waals surface area contributed by atoms with Gasteiger partial charge in [0.25, 0.3) is 5.91 Å². The highest BCUT2D eigenvalue weighted by Gasteiger charge is 2.45. The van der Waals surface area contributed by atoms with E-state index in [1.807, 2.05) is 62.4 Å². The van der Waals surface area contributed by atoms with E-state index in [4.69, 9.17) is 16.3 Å². The number of nitrogens with zero attached hydrogens (tertiary/aromatic N) is 3. The molecular formula is C41H38ClF3N8O4. The number of benzene rings is 4. The Balaban J connectivity index is 0.926. The number of carbonyl (C=O) groups excluding carboxylic acids is 3. The first kappa shape index (κ1) is 39.0. The fourth-order valence-corrected chi connectivity index (χ4v) is 6.57. The second-order valence-corrected chi connectivity index (χ2v) is 15.2. The minimum atomic E-state index is -4.61. The van der Waals surface area contributed by atoms with Crippen LogP contribution in [0, 0.1) is 5.41 Å². The molecule has 0 saturated heterocycles. The molecule has 1 fully saturated rings. The first-order valence-electron chi connectivity index (χ1n) is 18.1. The van der Waals surface area contributed by atoms with Crippen LogP contribution in [0.2, 0.25) is 5.02 Å². The third-order valence-electron chi connectivity index (χ3n) is 9.64. The Bertz CT molecular complexity index is 2320. The van der Waals surface area contributed by atoms with E-state index >= 15 is 0 Å². The largest absolute Gasteiger partial charge is 0.454 e. The van der Waals surface area contributed by atoms with Crippen LogP contribution in [-0.2, 0) is 21.5 Å². The number of rotatable bonds is 13. The summed E-state index contributed by atoms with van der Waals surface area (Å²) in [5, 5.41) is 15.0. The topological polar surface area (TPSA) is 159 Å². The Kier molecular flexibility index (Phi) is 10.8. The molecule has 0 spiro atoms. The smallest absolute Gasteiger partial charge is 0.422 e. The predicted octanol–water partition coefficient (Wildman–Crippen LogP) is 7.39. The highest BCUT2D eigenvalue weighted by molar-refractivity contribution is 6.39. The van der Waals surface area contributed by atoms with Gasteiger partial charge >= 0.3 is 24.0 Å². The van der Waals surface area contributed by atoms with Gasteiger partial charge in [-0.1, -0.05) is 74.0 Å². The van der Waals surface area contributed by atoms with Crippen molar-refractivity contribution in [3.8, 4) is 17.1 Å². The van der Waals surface area contributed by atoms with Crippen molar-refractivity contribution in [1.82, 2.24) is 25.6 Å². The van der Waals surface area contributed by atoms with E-state index in [9.17, 15) is 27.6 Å². The summed E-state index contributed by atoms with van der Waals surface area (Å²) in [7, 11) is 0. The normalized spacial score (nSPS) is 13.8. The van der Waals surface area contributed by atoms with Gasteiger partial charge in [0.05, 0.1) is 5.54 Å². The Morgan fingerprint density at radius 1 is 0.789 bits per heavy atom. The maximum Gasteiger partial charge on any atom is 0.422 e. The fraction of sp³-hybridized carbons (Fsp3) is 0.268. The summed E-state index contributed by atoms with van der Waals surface area (Å²) in [6.45, 7) is 2.37. The molecular weight excluding hydrogens is 761 g/mol. The monoisotopic (exact) mass is 798 g/mol. The average molecular weight is 799 g/mol. The van der Waals surface area contributed by atoms with Gasteiger partial charge in [0.1, 0.15) is 0 Å². The van der Waals surface area contributed by atoms with E-state index < -0.39 is 41.6 Å². The molecule has 0 bridgehead atoms. The second kappa shape index (κ2) is 15.7. The number of aromatic nitrogens is 3. The number of hydrogen-bond donors (Lipinski definition) is 5. The molecule has 57 heavy (non-hydrogen) atoms. The number of carbonyl (C=O) groups is 3. The van der Waals surface area contributed by atoms with Crippen LogP contribution in [0.1, 0.15) is 53.7 Å². The lowest BCUT2D eigenvalue weighted by Gasteiger charge is -2.25. The highest BCUT2D eigenvalue weighted by Crippen LogP contribution is 2.48. The van der Waals surface area contributed by atoms with Crippen LogP contribution >= 0.6 is 11.6 Å². The molecule has 5 aromatic rings. The molecule has 3 amide bonds. The molecule has 7 rings (SSSR count). The molecule has 5 N–H and O–H groups in total. The summed E-state index contributed by atoms with van der Waals surface area (Å²) in [4.78, 5) is 51.2. The molecule has 0 unspecified atom stereocenters. The van der Waals surface area contributed by atoms with Crippen molar-refractivity contribution in [3.05, 3.63) is 118 Å². The van der Waals surface area contributed by atoms with Crippen molar-refractivity contribution >= 4 is 52.6 Å². The summed E-state index contributed by atoms with van der Waals surface area (Å²) < 4.78 is 43.8. The van der Waals surface area contributed by atoms with Gasteiger partial charge in [-0.05, 0) is 88.5 Å². The molecule has 0 radical (unpaired) electrons. The highest BCUT2D eigenvalue weighted by atomic mass is 35.5. The zero-order chi connectivity index (χ0) is 40.4. The number of amides is 3. The molecule has 2 aliphatic carbocycles. The summed E-state index contributed by atoms with van der Waals surface area (Å²) in [5.41, 5.74) is 5.38.